The van der Waals surface area contributed by atoms with E-state index >= 15 is 0 Å². The van der Waals surface area contributed by atoms with E-state index in [0.717, 1.165) is 38.8 Å². The van der Waals surface area contributed by atoms with Gasteiger partial charge in [0.2, 0.25) is 5.91 Å². The lowest BCUT2D eigenvalue weighted by molar-refractivity contribution is -0.135. The number of hydrogen-bond acceptors (Lipinski definition) is 3. The minimum Gasteiger partial charge on any atom is -0.492 e. The summed E-state index contributed by atoms with van der Waals surface area (Å²) < 4.78 is 5.40. The van der Waals surface area contributed by atoms with Crippen molar-refractivity contribution in [3.05, 3.63) is 23.2 Å². The second-order valence-corrected chi connectivity index (χ2v) is 7.23. The molecular weight excluding hydrogens is 354 g/mol. The van der Waals surface area contributed by atoms with Crippen molar-refractivity contribution in [1.29, 1.82) is 0 Å². The van der Waals surface area contributed by atoms with Gasteiger partial charge in [0.05, 0.1) is 17.5 Å². The average Bonchev–Trinajstić information content (AvgIpc) is 3.18. The molecule has 3 amide bonds. The van der Waals surface area contributed by atoms with E-state index in [-0.39, 0.29) is 17.9 Å². The highest BCUT2D eigenvalue weighted by molar-refractivity contribution is 6.32. The average molecular weight is 380 g/mol. The number of ether oxygens (including phenoxy) is 1. The molecule has 6 nitrogen and oxygen atoms in total. The van der Waals surface area contributed by atoms with Crippen molar-refractivity contribution in [2.75, 3.05) is 38.1 Å². The first-order valence-electron chi connectivity index (χ1n) is 9.35. The van der Waals surface area contributed by atoms with Crippen molar-refractivity contribution >= 4 is 29.2 Å². The Labute approximate surface area is 159 Å². The van der Waals surface area contributed by atoms with Crippen molar-refractivity contribution in [3.8, 4) is 5.75 Å². The van der Waals surface area contributed by atoms with E-state index in [2.05, 4.69) is 5.32 Å². The highest BCUT2D eigenvalue weighted by Crippen LogP contribution is 2.28. The number of likely N-dealkylation sites (tertiary alicyclic amines) is 2. The number of urea groups is 1. The van der Waals surface area contributed by atoms with Crippen LogP contribution < -0.4 is 10.1 Å². The predicted molar refractivity (Wildman–Crippen MR) is 102 cm³/mol. The zero-order valence-electron chi connectivity index (χ0n) is 15.2. The largest absolute Gasteiger partial charge is 0.492 e. The maximum atomic E-state index is 12.6. The number of carbonyl (C=O) groups excluding carboxylic acids is 2. The molecule has 0 radical (unpaired) electrons. The predicted octanol–water partition coefficient (Wildman–Crippen LogP) is 3.61. The van der Waals surface area contributed by atoms with Gasteiger partial charge in [-0.05, 0) is 50.8 Å². The Morgan fingerprint density at radius 3 is 2.62 bits per heavy atom. The van der Waals surface area contributed by atoms with Crippen LogP contribution in [-0.4, -0.2) is 54.5 Å². The number of piperidine rings is 1. The third kappa shape index (κ3) is 4.41. The summed E-state index contributed by atoms with van der Waals surface area (Å²) in [4.78, 5) is 28.9. The third-order valence-electron chi connectivity index (χ3n) is 4.96. The fourth-order valence-corrected chi connectivity index (χ4v) is 3.85. The van der Waals surface area contributed by atoms with Gasteiger partial charge < -0.3 is 19.9 Å². The van der Waals surface area contributed by atoms with Crippen LogP contribution in [0.4, 0.5) is 10.5 Å². The number of benzene rings is 1. The van der Waals surface area contributed by atoms with Crippen molar-refractivity contribution in [3.63, 3.8) is 0 Å². The summed E-state index contributed by atoms with van der Waals surface area (Å²) in [6, 6.07) is 5.01. The highest BCUT2D eigenvalue weighted by Gasteiger charge is 2.32. The quantitative estimate of drug-likeness (QED) is 0.869. The Morgan fingerprint density at radius 1 is 1.19 bits per heavy atom. The van der Waals surface area contributed by atoms with Crippen LogP contribution in [0.15, 0.2) is 18.2 Å². The fraction of sp³-hybridized carbons (Fsp3) is 0.579. The van der Waals surface area contributed by atoms with E-state index in [1.165, 1.54) is 0 Å². The van der Waals surface area contributed by atoms with Gasteiger partial charge in [0.1, 0.15) is 5.75 Å². The van der Waals surface area contributed by atoms with Gasteiger partial charge in [0.25, 0.3) is 0 Å². The van der Waals surface area contributed by atoms with Gasteiger partial charge in [-0.2, -0.15) is 0 Å². The second kappa shape index (κ2) is 8.62. The molecule has 2 aliphatic heterocycles. The molecule has 1 N–H and O–H groups in total. The third-order valence-corrected chi connectivity index (χ3v) is 5.25. The van der Waals surface area contributed by atoms with Gasteiger partial charge in [-0.25, -0.2) is 4.79 Å². The van der Waals surface area contributed by atoms with Gasteiger partial charge in [0, 0.05) is 31.9 Å². The van der Waals surface area contributed by atoms with Crippen LogP contribution in [-0.2, 0) is 4.79 Å². The lowest BCUT2D eigenvalue weighted by Crippen LogP contribution is -2.47. The zero-order chi connectivity index (χ0) is 18.5. The van der Waals surface area contributed by atoms with Gasteiger partial charge in [-0.1, -0.05) is 11.6 Å². The first-order chi connectivity index (χ1) is 12.6. The van der Waals surface area contributed by atoms with Crippen molar-refractivity contribution in [1.82, 2.24) is 9.80 Å². The van der Waals surface area contributed by atoms with E-state index < -0.39 is 0 Å². The molecule has 26 heavy (non-hydrogen) atoms. The van der Waals surface area contributed by atoms with Crippen LogP contribution >= 0.6 is 11.6 Å². The molecule has 0 spiro atoms. The van der Waals surface area contributed by atoms with Gasteiger partial charge >= 0.3 is 6.03 Å². The number of anilines is 1. The second-order valence-electron chi connectivity index (χ2n) is 6.83. The van der Waals surface area contributed by atoms with Crippen LogP contribution in [0.25, 0.3) is 0 Å². The summed E-state index contributed by atoms with van der Waals surface area (Å²) in [5.74, 6) is 0.710. The molecule has 0 aliphatic carbocycles. The van der Waals surface area contributed by atoms with E-state index in [1.807, 2.05) is 11.8 Å². The molecule has 7 heteroatoms. The smallest absolute Gasteiger partial charge is 0.321 e. The molecule has 0 saturated carbocycles. The number of carbonyl (C=O) groups is 2. The van der Waals surface area contributed by atoms with E-state index in [4.69, 9.17) is 16.3 Å². The van der Waals surface area contributed by atoms with Gasteiger partial charge in [0.15, 0.2) is 0 Å². The molecule has 0 unspecified atom stereocenters. The monoisotopic (exact) mass is 379 g/mol. The molecular formula is C19H26ClN3O3. The number of rotatable bonds is 4. The van der Waals surface area contributed by atoms with Crippen LogP contribution in [0.1, 0.15) is 32.6 Å². The number of nitrogens with zero attached hydrogens (tertiary/aromatic N) is 2. The summed E-state index contributed by atoms with van der Waals surface area (Å²) in [6.45, 7) is 5.28. The van der Waals surface area contributed by atoms with Gasteiger partial charge in [-0.15, -0.1) is 0 Å². The molecule has 2 fully saturated rings. The maximum absolute atomic E-state index is 12.6. The topological polar surface area (TPSA) is 61.9 Å². The lowest BCUT2D eigenvalue weighted by atomic mass is 9.97. The number of nitrogens with one attached hydrogen (secondary N) is 1. The molecule has 2 aliphatic rings. The first kappa shape index (κ1) is 18.8. The standard InChI is InChI=1S/C19H26ClN3O3/c1-2-26-17-8-7-15(12-16(17)20)21-19(25)23-11-5-6-14(13-23)18(24)22-9-3-4-10-22/h7-8,12,14H,2-6,9-11,13H2,1H3,(H,21,25)/t14-/m0/s1. The maximum Gasteiger partial charge on any atom is 0.321 e. The van der Waals surface area contributed by atoms with Crippen molar-refractivity contribution in [2.24, 2.45) is 5.92 Å². The Kier molecular flexibility index (Phi) is 6.25. The molecule has 1 aromatic carbocycles. The summed E-state index contributed by atoms with van der Waals surface area (Å²) >= 11 is 6.17. The summed E-state index contributed by atoms with van der Waals surface area (Å²) in [5.41, 5.74) is 0.622. The van der Waals surface area contributed by atoms with E-state index in [0.29, 0.717) is 36.2 Å². The minimum absolute atomic E-state index is 0.0866. The summed E-state index contributed by atoms with van der Waals surface area (Å²) in [6.07, 6.45) is 3.87. The lowest BCUT2D eigenvalue weighted by Gasteiger charge is -2.34. The first-order valence-corrected chi connectivity index (χ1v) is 9.73. The summed E-state index contributed by atoms with van der Waals surface area (Å²) in [7, 11) is 0. The van der Waals surface area contributed by atoms with E-state index in [1.54, 1.807) is 23.1 Å². The molecule has 2 saturated heterocycles. The molecule has 0 bridgehead atoms. The Hall–Kier alpha value is -1.95. The molecule has 1 atom stereocenters. The van der Waals surface area contributed by atoms with Crippen LogP contribution in [0, 0.1) is 5.92 Å². The molecule has 3 rings (SSSR count). The molecule has 142 valence electrons. The van der Waals surface area contributed by atoms with Crippen LogP contribution in [0.5, 0.6) is 5.75 Å². The SMILES string of the molecule is CCOc1ccc(NC(=O)N2CCC[C@H](C(=O)N3CCCC3)C2)cc1Cl. The van der Waals surface area contributed by atoms with Crippen molar-refractivity contribution in [2.45, 2.75) is 32.6 Å². The van der Waals surface area contributed by atoms with E-state index in [9.17, 15) is 9.59 Å². The van der Waals surface area contributed by atoms with Crippen LogP contribution in [0.3, 0.4) is 0 Å². The molecule has 1 aromatic rings. The number of halogens is 1. The minimum atomic E-state index is -0.191. The summed E-state index contributed by atoms with van der Waals surface area (Å²) in [5, 5.41) is 3.34. The Morgan fingerprint density at radius 2 is 1.92 bits per heavy atom. The van der Waals surface area contributed by atoms with Gasteiger partial charge in [-0.3, -0.25) is 4.79 Å². The van der Waals surface area contributed by atoms with Crippen LogP contribution in [0.2, 0.25) is 5.02 Å². The Balaban J connectivity index is 1.58. The Bertz CT molecular complexity index is 661. The fourth-order valence-electron chi connectivity index (χ4n) is 3.61. The van der Waals surface area contributed by atoms with Crippen molar-refractivity contribution < 1.29 is 14.3 Å². The highest BCUT2D eigenvalue weighted by atomic mass is 35.5. The number of hydrogen-bond donors (Lipinski definition) is 1. The number of amides is 3. The molecule has 0 aromatic heterocycles. The normalized spacial score (nSPS) is 20.2. The molecule has 2 heterocycles. The zero-order valence-corrected chi connectivity index (χ0v) is 15.9.